The second-order valence-corrected chi connectivity index (χ2v) is 19.7. The number of hydrogen-bond donors (Lipinski definition) is 0. The molecule has 0 saturated carbocycles. The average Bonchev–Trinajstić information content (AvgIpc) is 3.57. The molecule has 2 heteroatoms. The molecule has 0 unspecified atom stereocenters. The maximum absolute atomic E-state index is 2.63. The summed E-state index contributed by atoms with van der Waals surface area (Å²) >= 11 is 0. The molecular formula is C64H74N2. The smallest absolute Gasteiger partial charge is 0.0520 e. The number of rotatable bonds is 19. The molecule has 0 saturated heterocycles. The number of aryl methyl sites for hydroxylation is 8. The molecule has 8 rings (SSSR count). The molecule has 1 aliphatic carbocycles. The molecule has 7 aromatic rings. The van der Waals surface area contributed by atoms with Crippen molar-refractivity contribution in [2.45, 2.75) is 145 Å². The molecule has 1 aliphatic rings. The lowest BCUT2D eigenvalue weighted by molar-refractivity contribution is 0.506. The van der Waals surface area contributed by atoms with Gasteiger partial charge in [0, 0.05) is 28.2 Å². The number of benzene rings is 7. The van der Waals surface area contributed by atoms with E-state index in [1.54, 1.807) is 0 Å². The zero-order chi connectivity index (χ0) is 46.4. The second kappa shape index (κ2) is 20.8. The average molecular weight is 871 g/mol. The van der Waals surface area contributed by atoms with E-state index in [0.717, 1.165) is 19.3 Å². The van der Waals surface area contributed by atoms with Crippen LogP contribution in [0.2, 0.25) is 0 Å². The normalized spacial score (nSPS) is 12.6. The van der Waals surface area contributed by atoms with Gasteiger partial charge < -0.3 is 9.80 Å². The van der Waals surface area contributed by atoms with Gasteiger partial charge in [-0.25, -0.2) is 0 Å². The minimum Gasteiger partial charge on any atom is -0.310 e. The van der Waals surface area contributed by atoms with E-state index < -0.39 is 0 Å². The Balaban J connectivity index is 1.41. The summed E-state index contributed by atoms with van der Waals surface area (Å²) in [7, 11) is 0. The van der Waals surface area contributed by atoms with Crippen molar-refractivity contribution in [2.24, 2.45) is 0 Å². The van der Waals surface area contributed by atoms with Crippen LogP contribution in [0.25, 0.3) is 11.1 Å². The van der Waals surface area contributed by atoms with Crippen LogP contribution in [0.4, 0.5) is 34.1 Å². The number of fused-ring (bicyclic) bond motifs is 3. The fourth-order valence-electron chi connectivity index (χ4n) is 11.6. The number of para-hydroxylation sites is 2. The Labute approximate surface area is 398 Å². The van der Waals surface area contributed by atoms with Crippen molar-refractivity contribution >= 4 is 34.1 Å². The zero-order valence-electron chi connectivity index (χ0n) is 41.7. The second-order valence-electron chi connectivity index (χ2n) is 19.7. The lowest BCUT2D eigenvalue weighted by Crippen LogP contribution is -2.28. The predicted octanol–water partition coefficient (Wildman–Crippen LogP) is 19.0. The van der Waals surface area contributed by atoms with Gasteiger partial charge in [-0.05, 0) is 172 Å². The largest absolute Gasteiger partial charge is 0.310 e. The summed E-state index contributed by atoms with van der Waals surface area (Å²) in [6, 6.07) is 54.0. The molecule has 2 nitrogen and oxygen atoms in total. The van der Waals surface area contributed by atoms with Crippen molar-refractivity contribution < 1.29 is 0 Å². The van der Waals surface area contributed by atoms with Gasteiger partial charge in [0.25, 0.3) is 0 Å². The molecule has 0 radical (unpaired) electrons. The van der Waals surface area contributed by atoms with Crippen LogP contribution in [0.15, 0.2) is 140 Å². The molecule has 7 aromatic carbocycles. The first-order valence-corrected chi connectivity index (χ1v) is 25.3. The minimum absolute atomic E-state index is 0.370. The molecule has 0 bridgehead atoms. The standard InChI is InChI=1S/C64H74N2/c1-10-12-14-16-17-25-35-64(53-41-47(5)40-52(42-53)26-20-15-13-11-2)60-43-56(65(54-27-21-18-22-28-54)62-48(6)36-45(3)37-49(62)7)31-33-58(60)59-34-32-57(44-61(59)64)66(55-29-23-19-24-30-55)63-50(8)38-46(4)39-51(63)9/h18-19,21-24,27-34,36-44H,10-17,20,25-26,35H2,1-9H3. The fourth-order valence-corrected chi connectivity index (χ4v) is 11.6. The van der Waals surface area contributed by atoms with Gasteiger partial charge in [-0.1, -0.05) is 179 Å². The summed E-state index contributed by atoms with van der Waals surface area (Å²) in [6.07, 6.45) is 14.8. The van der Waals surface area contributed by atoms with Gasteiger partial charge in [0.05, 0.1) is 11.4 Å². The molecule has 0 fully saturated rings. The lowest BCUT2D eigenvalue weighted by Gasteiger charge is -2.36. The van der Waals surface area contributed by atoms with Crippen LogP contribution in [-0.2, 0) is 11.8 Å². The highest BCUT2D eigenvalue weighted by Gasteiger charge is 2.45. The van der Waals surface area contributed by atoms with Crippen LogP contribution >= 0.6 is 0 Å². The summed E-state index contributed by atoms with van der Waals surface area (Å²) in [5, 5.41) is 0. The molecular weight excluding hydrogens is 797 g/mol. The molecule has 340 valence electrons. The quantitative estimate of drug-likeness (QED) is 0.0747. The van der Waals surface area contributed by atoms with Crippen LogP contribution in [0.3, 0.4) is 0 Å². The summed E-state index contributed by atoms with van der Waals surface area (Å²) in [5.74, 6) is 0. The van der Waals surface area contributed by atoms with E-state index in [2.05, 4.69) is 212 Å². The van der Waals surface area contributed by atoms with Gasteiger partial charge in [-0.2, -0.15) is 0 Å². The number of unbranched alkanes of at least 4 members (excludes halogenated alkanes) is 8. The van der Waals surface area contributed by atoms with Gasteiger partial charge in [0.2, 0.25) is 0 Å². The summed E-state index contributed by atoms with van der Waals surface area (Å²) in [5.41, 5.74) is 24.5. The van der Waals surface area contributed by atoms with Crippen molar-refractivity contribution in [1.82, 2.24) is 0 Å². The third-order valence-corrected chi connectivity index (χ3v) is 14.3. The molecule has 66 heavy (non-hydrogen) atoms. The lowest BCUT2D eigenvalue weighted by atomic mass is 9.68. The maximum atomic E-state index is 2.63. The van der Waals surface area contributed by atoms with E-state index in [9.17, 15) is 0 Å². The molecule has 0 atom stereocenters. The van der Waals surface area contributed by atoms with Crippen LogP contribution < -0.4 is 9.80 Å². The van der Waals surface area contributed by atoms with E-state index >= 15 is 0 Å². The van der Waals surface area contributed by atoms with E-state index in [-0.39, 0.29) is 5.41 Å². The highest BCUT2D eigenvalue weighted by molar-refractivity contribution is 5.91. The van der Waals surface area contributed by atoms with Crippen LogP contribution in [0.1, 0.15) is 146 Å². The number of anilines is 6. The third-order valence-electron chi connectivity index (χ3n) is 14.3. The van der Waals surface area contributed by atoms with Gasteiger partial charge in [0.15, 0.2) is 0 Å². The van der Waals surface area contributed by atoms with Crippen molar-refractivity contribution in [1.29, 1.82) is 0 Å². The van der Waals surface area contributed by atoms with E-state index in [1.807, 2.05) is 0 Å². The van der Waals surface area contributed by atoms with Crippen molar-refractivity contribution in [2.75, 3.05) is 9.80 Å². The van der Waals surface area contributed by atoms with Gasteiger partial charge in [-0.15, -0.1) is 0 Å². The van der Waals surface area contributed by atoms with Crippen LogP contribution in [0.5, 0.6) is 0 Å². The molecule has 0 amide bonds. The van der Waals surface area contributed by atoms with Crippen LogP contribution in [0, 0.1) is 48.5 Å². The van der Waals surface area contributed by atoms with Crippen molar-refractivity contribution in [3.05, 3.63) is 201 Å². The number of nitrogens with zero attached hydrogens (tertiary/aromatic N) is 2. The summed E-state index contributed by atoms with van der Waals surface area (Å²) < 4.78 is 0. The topological polar surface area (TPSA) is 6.48 Å². The van der Waals surface area contributed by atoms with Gasteiger partial charge in [0.1, 0.15) is 0 Å². The van der Waals surface area contributed by atoms with Crippen LogP contribution in [-0.4, -0.2) is 0 Å². The Morgan fingerprint density at radius 3 is 1.27 bits per heavy atom. The molecule has 0 N–H and O–H groups in total. The molecule has 0 spiro atoms. The van der Waals surface area contributed by atoms with Crippen molar-refractivity contribution in [3.63, 3.8) is 0 Å². The van der Waals surface area contributed by atoms with Crippen molar-refractivity contribution in [3.8, 4) is 11.1 Å². The third kappa shape index (κ3) is 9.53. The number of hydrogen-bond acceptors (Lipinski definition) is 2. The first kappa shape index (κ1) is 46.7. The maximum Gasteiger partial charge on any atom is 0.0520 e. The van der Waals surface area contributed by atoms with Gasteiger partial charge in [-0.3, -0.25) is 0 Å². The van der Waals surface area contributed by atoms with E-state index in [0.29, 0.717) is 0 Å². The minimum atomic E-state index is -0.370. The first-order chi connectivity index (χ1) is 32.0. The Morgan fingerprint density at radius 2 is 0.803 bits per heavy atom. The van der Waals surface area contributed by atoms with E-state index in [1.165, 1.54) is 164 Å². The predicted molar refractivity (Wildman–Crippen MR) is 287 cm³/mol. The molecule has 0 aliphatic heterocycles. The fraction of sp³-hybridized carbons (Fsp3) is 0.344. The monoisotopic (exact) mass is 871 g/mol. The molecule has 0 aromatic heterocycles. The SMILES string of the molecule is CCCCCCCCC1(c2cc(C)cc(CCCCCC)c2)c2cc(N(c3ccccc3)c3c(C)cc(C)cc3C)ccc2-c2ccc(N(c3ccccc3)c3c(C)cc(C)cc3C)cc21. The Hall–Kier alpha value is -5.86. The Bertz CT molecular complexity index is 2560. The Kier molecular flexibility index (Phi) is 14.7. The zero-order valence-corrected chi connectivity index (χ0v) is 41.7. The summed E-state index contributed by atoms with van der Waals surface area (Å²) in [6.45, 7) is 20.5. The Morgan fingerprint density at radius 1 is 0.379 bits per heavy atom. The van der Waals surface area contributed by atoms with E-state index in [4.69, 9.17) is 0 Å². The highest BCUT2D eigenvalue weighted by Crippen LogP contribution is 2.58. The highest BCUT2D eigenvalue weighted by atomic mass is 15.2. The summed E-state index contributed by atoms with van der Waals surface area (Å²) in [4.78, 5) is 5.06. The van der Waals surface area contributed by atoms with Gasteiger partial charge >= 0.3 is 0 Å². The first-order valence-electron chi connectivity index (χ1n) is 25.3. The molecule has 0 heterocycles.